The first kappa shape index (κ1) is 15.6. The number of aromatic nitrogens is 2. The monoisotopic (exact) mass is 317 g/mol. The highest BCUT2D eigenvalue weighted by atomic mass is 15.4. The largest absolute Gasteiger partial charge is 0.335 e. The third-order valence-electron chi connectivity index (χ3n) is 5.88. The van der Waals surface area contributed by atoms with E-state index in [4.69, 9.17) is 4.98 Å². The molecule has 0 atom stereocenters. The third kappa shape index (κ3) is 3.32. The molecule has 5 heteroatoms. The molecule has 3 aliphatic rings. The fourth-order valence-electron chi connectivity index (χ4n) is 4.30. The number of likely N-dealkylation sites (tertiary alicyclic amines) is 1. The highest BCUT2D eigenvalue weighted by Gasteiger charge is 2.34. The molecule has 5 nitrogen and oxygen atoms in total. The Bertz CT molecular complexity index is 500. The molecule has 0 spiro atoms. The van der Waals surface area contributed by atoms with E-state index in [1.807, 2.05) is 0 Å². The lowest BCUT2D eigenvalue weighted by Crippen LogP contribution is -2.63. The molecule has 4 heterocycles. The van der Waals surface area contributed by atoms with Gasteiger partial charge in [-0.15, -0.1) is 0 Å². The van der Waals surface area contributed by atoms with E-state index in [2.05, 4.69) is 39.3 Å². The van der Waals surface area contributed by atoms with E-state index in [0.29, 0.717) is 6.04 Å². The van der Waals surface area contributed by atoms with Crippen molar-refractivity contribution in [3.63, 3.8) is 0 Å². The fourth-order valence-corrected chi connectivity index (χ4v) is 4.30. The highest BCUT2D eigenvalue weighted by molar-refractivity contribution is 5.07. The van der Waals surface area contributed by atoms with Crippen molar-refractivity contribution in [2.24, 2.45) is 0 Å². The summed E-state index contributed by atoms with van der Waals surface area (Å²) in [5.74, 6) is 1.31. The van der Waals surface area contributed by atoms with E-state index in [1.54, 1.807) is 0 Å². The summed E-state index contributed by atoms with van der Waals surface area (Å²) in [6, 6.07) is 1.48. The lowest BCUT2D eigenvalue weighted by molar-refractivity contribution is -0.00458. The average molecular weight is 317 g/mol. The van der Waals surface area contributed by atoms with Gasteiger partial charge in [-0.05, 0) is 26.7 Å². The minimum absolute atomic E-state index is 0.696. The Balaban J connectivity index is 1.23. The molecular weight excluding hydrogens is 286 g/mol. The van der Waals surface area contributed by atoms with Crippen molar-refractivity contribution in [3.8, 4) is 0 Å². The predicted octanol–water partition coefficient (Wildman–Crippen LogP) is 1.43. The van der Waals surface area contributed by atoms with Gasteiger partial charge in [0.25, 0.3) is 0 Å². The van der Waals surface area contributed by atoms with Gasteiger partial charge in [-0.2, -0.15) is 0 Å². The van der Waals surface area contributed by atoms with Gasteiger partial charge in [0, 0.05) is 77.1 Å². The normalized spacial score (nSPS) is 24.8. The molecule has 3 aliphatic heterocycles. The van der Waals surface area contributed by atoms with Gasteiger partial charge in [-0.3, -0.25) is 14.7 Å². The fraction of sp³-hybridized carbons (Fsp3) is 0.833. The number of piperazine rings is 1. The molecule has 4 rings (SSSR count). The number of imidazole rings is 1. The van der Waals surface area contributed by atoms with Gasteiger partial charge in [0.1, 0.15) is 5.82 Å². The van der Waals surface area contributed by atoms with E-state index in [0.717, 1.165) is 12.6 Å². The van der Waals surface area contributed by atoms with Crippen molar-refractivity contribution in [1.82, 2.24) is 24.3 Å². The van der Waals surface area contributed by atoms with Crippen LogP contribution in [0.1, 0.15) is 38.2 Å². The van der Waals surface area contributed by atoms with E-state index < -0.39 is 0 Å². The van der Waals surface area contributed by atoms with Gasteiger partial charge in [0.05, 0.1) is 5.69 Å². The van der Waals surface area contributed by atoms with Crippen LogP contribution < -0.4 is 0 Å². The smallest absolute Gasteiger partial charge is 0.109 e. The summed E-state index contributed by atoms with van der Waals surface area (Å²) in [5, 5.41) is 0. The molecule has 2 fully saturated rings. The molecule has 1 aromatic heterocycles. The molecule has 0 unspecified atom stereocenters. The Hall–Kier alpha value is -0.910. The lowest BCUT2D eigenvalue weighted by Gasteiger charge is -2.48. The molecule has 0 aliphatic carbocycles. The molecule has 0 N–H and O–H groups in total. The standard InChI is InChI=1S/C18H31N5/c1-15(2)21-7-9-22(10-8-21)17-13-20(14-17)11-16-12-23-6-4-3-5-18(23)19-16/h12,15,17H,3-11,13-14H2,1-2H3. The van der Waals surface area contributed by atoms with Gasteiger partial charge in [0.15, 0.2) is 0 Å². The number of hydrogen-bond donors (Lipinski definition) is 0. The second-order valence-electron chi connectivity index (χ2n) is 7.81. The molecule has 0 bridgehead atoms. The van der Waals surface area contributed by atoms with Crippen molar-refractivity contribution >= 4 is 0 Å². The Morgan fingerprint density at radius 3 is 2.57 bits per heavy atom. The summed E-state index contributed by atoms with van der Waals surface area (Å²) in [4.78, 5) is 12.7. The summed E-state index contributed by atoms with van der Waals surface area (Å²) in [6.07, 6.45) is 6.09. The van der Waals surface area contributed by atoms with Crippen molar-refractivity contribution in [2.45, 2.75) is 58.3 Å². The SMILES string of the molecule is CC(C)N1CCN(C2CN(Cc3cn4c(n3)CCCC4)C2)CC1. The minimum atomic E-state index is 0.696. The zero-order chi connectivity index (χ0) is 15.8. The van der Waals surface area contributed by atoms with E-state index in [-0.39, 0.29) is 0 Å². The molecule has 23 heavy (non-hydrogen) atoms. The molecule has 0 radical (unpaired) electrons. The number of nitrogens with zero attached hydrogens (tertiary/aromatic N) is 5. The number of rotatable bonds is 4. The molecular formula is C18H31N5. The number of hydrogen-bond acceptors (Lipinski definition) is 4. The molecule has 1 aromatic rings. The summed E-state index contributed by atoms with van der Waals surface area (Å²) < 4.78 is 2.38. The van der Waals surface area contributed by atoms with Crippen LogP contribution in [0, 0.1) is 0 Å². The molecule has 128 valence electrons. The van der Waals surface area contributed by atoms with Gasteiger partial charge in [-0.25, -0.2) is 4.98 Å². The van der Waals surface area contributed by atoms with Crippen LogP contribution in [-0.2, 0) is 19.5 Å². The lowest BCUT2D eigenvalue weighted by atomic mass is 10.1. The average Bonchev–Trinajstić information content (AvgIpc) is 2.93. The second kappa shape index (κ2) is 6.54. The predicted molar refractivity (Wildman–Crippen MR) is 92.5 cm³/mol. The maximum Gasteiger partial charge on any atom is 0.109 e. The maximum absolute atomic E-state index is 4.84. The zero-order valence-corrected chi connectivity index (χ0v) is 14.7. The maximum atomic E-state index is 4.84. The molecule has 0 aromatic carbocycles. The first-order valence-electron chi connectivity index (χ1n) is 9.44. The Morgan fingerprint density at radius 2 is 1.87 bits per heavy atom. The Kier molecular flexibility index (Phi) is 4.43. The van der Waals surface area contributed by atoms with Crippen LogP contribution in [0.2, 0.25) is 0 Å². The highest BCUT2D eigenvalue weighted by Crippen LogP contribution is 2.21. The molecule has 2 saturated heterocycles. The summed E-state index contributed by atoms with van der Waals surface area (Å²) in [6.45, 7) is 14.3. The van der Waals surface area contributed by atoms with Crippen molar-refractivity contribution in [3.05, 3.63) is 17.7 Å². The summed E-state index contributed by atoms with van der Waals surface area (Å²) in [5.41, 5.74) is 1.28. The Labute approximate surface area is 140 Å². The van der Waals surface area contributed by atoms with Gasteiger partial charge < -0.3 is 4.57 Å². The van der Waals surface area contributed by atoms with Crippen LogP contribution in [0.25, 0.3) is 0 Å². The molecule has 0 amide bonds. The third-order valence-corrected chi connectivity index (χ3v) is 5.88. The van der Waals surface area contributed by atoms with Crippen LogP contribution in [-0.4, -0.2) is 75.6 Å². The first-order chi connectivity index (χ1) is 11.2. The summed E-state index contributed by atoms with van der Waals surface area (Å²) in [7, 11) is 0. The van der Waals surface area contributed by atoms with Crippen LogP contribution in [0.3, 0.4) is 0 Å². The van der Waals surface area contributed by atoms with Crippen molar-refractivity contribution in [2.75, 3.05) is 39.3 Å². The van der Waals surface area contributed by atoms with Gasteiger partial charge in [-0.1, -0.05) is 0 Å². The second-order valence-corrected chi connectivity index (χ2v) is 7.81. The minimum Gasteiger partial charge on any atom is -0.335 e. The number of aryl methyl sites for hydroxylation is 2. The number of fused-ring (bicyclic) bond motifs is 1. The quantitative estimate of drug-likeness (QED) is 0.840. The summed E-state index contributed by atoms with van der Waals surface area (Å²) >= 11 is 0. The van der Waals surface area contributed by atoms with Gasteiger partial charge >= 0.3 is 0 Å². The Morgan fingerprint density at radius 1 is 1.09 bits per heavy atom. The topological polar surface area (TPSA) is 27.5 Å². The van der Waals surface area contributed by atoms with Crippen molar-refractivity contribution in [1.29, 1.82) is 0 Å². The van der Waals surface area contributed by atoms with Crippen LogP contribution in [0.4, 0.5) is 0 Å². The van der Waals surface area contributed by atoms with Gasteiger partial charge in [0.2, 0.25) is 0 Å². The van der Waals surface area contributed by atoms with Crippen LogP contribution in [0.5, 0.6) is 0 Å². The molecule has 0 saturated carbocycles. The van der Waals surface area contributed by atoms with Crippen LogP contribution in [0.15, 0.2) is 6.20 Å². The van der Waals surface area contributed by atoms with E-state index in [1.165, 1.54) is 76.6 Å². The van der Waals surface area contributed by atoms with Crippen LogP contribution >= 0.6 is 0 Å². The zero-order valence-electron chi connectivity index (χ0n) is 14.7. The van der Waals surface area contributed by atoms with E-state index in [9.17, 15) is 0 Å². The van der Waals surface area contributed by atoms with Crippen molar-refractivity contribution < 1.29 is 0 Å². The first-order valence-corrected chi connectivity index (χ1v) is 9.44. The van der Waals surface area contributed by atoms with E-state index >= 15 is 0 Å².